The van der Waals surface area contributed by atoms with E-state index in [-0.39, 0.29) is 6.04 Å². The smallest absolute Gasteiger partial charge is 0.150 e. The van der Waals surface area contributed by atoms with Crippen molar-refractivity contribution in [2.24, 2.45) is 5.92 Å². The molecule has 1 aliphatic heterocycles. The average Bonchev–Trinajstić information content (AvgIpc) is 2.74. The molecule has 21 heavy (non-hydrogen) atoms. The summed E-state index contributed by atoms with van der Waals surface area (Å²) in [6.07, 6.45) is 2.82. The highest BCUT2D eigenvalue weighted by atomic mass is 32.2. The van der Waals surface area contributed by atoms with Crippen LogP contribution in [0, 0.1) is 19.8 Å². The molecule has 2 unspecified atom stereocenters. The molecule has 3 nitrogen and oxygen atoms in total. The third-order valence-electron chi connectivity index (χ3n) is 4.34. The van der Waals surface area contributed by atoms with Crippen LogP contribution in [0.25, 0.3) is 0 Å². The van der Waals surface area contributed by atoms with E-state index in [1.54, 1.807) is 0 Å². The topological polar surface area (TPSA) is 46.2 Å². The quantitative estimate of drug-likeness (QED) is 0.878. The number of nitrogens with one attached hydrogen (secondary N) is 1. The van der Waals surface area contributed by atoms with E-state index in [1.165, 1.54) is 16.7 Å². The predicted molar refractivity (Wildman–Crippen MR) is 88.3 cm³/mol. The fourth-order valence-corrected chi connectivity index (χ4v) is 5.13. The second-order valence-corrected chi connectivity index (χ2v) is 8.60. The first-order chi connectivity index (χ1) is 9.91. The van der Waals surface area contributed by atoms with Gasteiger partial charge >= 0.3 is 0 Å². The monoisotopic (exact) mass is 309 g/mol. The second-order valence-electron chi connectivity index (χ2n) is 6.37. The zero-order valence-electron chi connectivity index (χ0n) is 13.4. The summed E-state index contributed by atoms with van der Waals surface area (Å²) in [7, 11) is -2.79. The van der Waals surface area contributed by atoms with Gasteiger partial charge in [0.15, 0.2) is 9.84 Å². The van der Waals surface area contributed by atoms with Crippen molar-refractivity contribution in [3.05, 3.63) is 34.9 Å². The molecular formula is C17H27NO2S. The molecule has 118 valence electrons. The van der Waals surface area contributed by atoms with Crippen LogP contribution in [0.1, 0.15) is 48.9 Å². The molecule has 0 spiro atoms. The van der Waals surface area contributed by atoms with Crippen LogP contribution in [0.4, 0.5) is 0 Å². The molecule has 1 aliphatic rings. The predicted octanol–water partition coefficient (Wildman–Crippen LogP) is 3.17. The molecule has 0 aromatic heterocycles. The van der Waals surface area contributed by atoms with Crippen molar-refractivity contribution in [1.82, 2.24) is 5.32 Å². The second kappa shape index (κ2) is 6.93. The van der Waals surface area contributed by atoms with E-state index in [2.05, 4.69) is 44.3 Å². The molecule has 0 amide bonds. The fourth-order valence-electron chi connectivity index (χ4n) is 3.25. The first-order valence-electron chi connectivity index (χ1n) is 7.92. The Bertz CT molecular complexity index is 580. The normalized spacial score (nSPS) is 22.3. The van der Waals surface area contributed by atoms with Crippen molar-refractivity contribution >= 4 is 9.84 Å². The van der Waals surface area contributed by atoms with Crippen LogP contribution in [0.5, 0.6) is 0 Å². The molecule has 1 N–H and O–H groups in total. The summed E-state index contributed by atoms with van der Waals surface area (Å²) in [4.78, 5) is 0. The maximum Gasteiger partial charge on any atom is 0.150 e. The van der Waals surface area contributed by atoms with E-state index >= 15 is 0 Å². The van der Waals surface area contributed by atoms with Gasteiger partial charge in [-0.05, 0) is 56.7 Å². The zero-order valence-corrected chi connectivity index (χ0v) is 14.2. The lowest BCUT2D eigenvalue weighted by atomic mass is 9.91. The van der Waals surface area contributed by atoms with Crippen LogP contribution < -0.4 is 5.32 Å². The highest BCUT2D eigenvalue weighted by molar-refractivity contribution is 7.91. The van der Waals surface area contributed by atoms with Crippen molar-refractivity contribution in [3.8, 4) is 0 Å². The minimum Gasteiger partial charge on any atom is -0.310 e. The van der Waals surface area contributed by atoms with E-state index in [0.29, 0.717) is 17.4 Å². The summed E-state index contributed by atoms with van der Waals surface area (Å²) in [5.41, 5.74) is 3.89. The van der Waals surface area contributed by atoms with Crippen LogP contribution in [0.15, 0.2) is 18.2 Å². The summed E-state index contributed by atoms with van der Waals surface area (Å²) in [5, 5.41) is 3.61. The molecule has 1 aromatic carbocycles. The Hall–Kier alpha value is -0.870. The maximum absolute atomic E-state index is 11.7. The molecule has 0 bridgehead atoms. The van der Waals surface area contributed by atoms with E-state index in [4.69, 9.17) is 0 Å². The third-order valence-corrected chi connectivity index (χ3v) is 6.17. The van der Waals surface area contributed by atoms with Crippen LogP contribution in [0.2, 0.25) is 0 Å². The lowest BCUT2D eigenvalue weighted by Gasteiger charge is -2.24. The lowest BCUT2D eigenvalue weighted by molar-refractivity contribution is 0.414. The van der Waals surface area contributed by atoms with Gasteiger partial charge in [0, 0.05) is 6.04 Å². The van der Waals surface area contributed by atoms with Crippen molar-refractivity contribution in [2.45, 2.75) is 46.1 Å². The molecule has 1 heterocycles. The van der Waals surface area contributed by atoms with Crippen LogP contribution in [-0.2, 0) is 9.84 Å². The highest BCUT2D eigenvalue weighted by Crippen LogP contribution is 2.30. The summed E-state index contributed by atoms with van der Waals surface area (Å²) in [5.74, 6) is 1.03. The summed E-state index contributed by atoms with van der Waals surface area (Å²) >= 11 is 0. The van der Waals surface area contributed by atoms with E-state index in [0.717, 1.165) is 25.8 Å². The third kappa shape index (κ3) is 4.55. The number of hydrogen-bond donors (Lipinski definition) is 1. The van der Waals surface area contributed by atoms with Gasteiger partial charge < -0.3 is 5.32 Å². The summed E-state index contributed by atoms with van der Waals surface area (Å²) in [6.45, 7) is 7.38. The molecule has 2 rings (SSSR count). The van der Waals surface area contributed by atoms with Gasteiger partial charge in [0.25, 0.3) is 0 Å². The minimum absolute atomic E-state index is 0.267. The first-order valence-corrected chi connectivity index (χ1v) is 9.74. The first kappa shape index (κ1) is 16.5. The molecule has 1 fully saturated rings. The maximum atomic E-state index is 11.7. The summed E-state index contributed by atoms with van der Waals surface area (Å²) < 4.78 is 23.3. The van der Waals surface area contributed by atoms with E-state index in [1.807, 2.05) is 0 Å². The highest BCUT2D eigenvalue weighted by Gasteiger charge is 2.30. The Morgan fingerprint density at radius 3 is 2.67 bits per heavy atom. The lowest BCUT2D eigenvalue weighted by Crippen LogP contribution is -2.25. The molecular weight excluding hydrogens is 282 g/mol. The van der Waals surface area contributed by atoms with Crippen LogP contribution >= 0.6 is 0 Å². The van der Waals surface area contributed by atoms with Crippen molar-refractivity contribution in [2.75, 3.05) is 18.1 Å². The van der Waals surface area contributed by atoms with Crippen molar-refractivity contribution < 1.29 is 8.42 Å². The van der Waals surface area contributed by atoms with Crippen LogP contribution in [-0.4, -0.2) is 26.5 Å². The Morgan fingerprint density at radius 1 is 1.33 bits per heavy atom. The van der Waals surface area contributed by atoms with Gasteiger partial charge in [-0.25, -0.2) is 8.42 Å². The summed E-state index contributed by atoms with van der Waals surface area (Å²) in [6, 6.07) is 6.82. The van der Waals surface area contributed by atoms with Gasteiger partial charge in [0.2, 0.25) is 0 Å². The molecule has 1 aromatic rings. The van der Waals surface area contributed by atoms with Crippen LogP contribution in [0.3, 0.4) is 0 Å². The average molecular weight is 309 g/mol. The molecule has 0 radical (unpaired) electrons. The van der Waals surface area contributed by atoms with E-state index < -0.39 is 9.84 Å². The minimum atomic E-state index is -2.79. The fraction of sp³-hybridized carbons (Fsp3) is 0.647. The number of rotatable bonds is 6. The molecule has 4 heteroatoms. The molecule has 0 aliphatic carbocycles. The standard InChI is InChI=1S/C17H27NO2S/c1-4-8-18-17(11-15-7-9-21(19,20)12-15)16-6-5-13(2)10-14(16)3/h5-6,10,15,17-18H,4,7-9,11-12H2,1-3H3. The Morgan fingerprint density at radius 2 is 2.10 bits per heavy atom. The SMILES string of the molecule is CCCNC(CC1CCS(=O)(=O)C1)c1ccc(C)cc1C. The Balaban J connectivity index is 2.14. The number of benzene rings is 1. The Kier molecular flexibility index (Phi) is 5.44. The van der Waals surface area contributed by atoms with Crippen molar-refractivity contribution in [1.29, 1.82) is 0 Å². The van der Waals surface area contributed by atoms with Crippen molar-refractivity contribution in [3.63, 3.8) is 0 Å². The number of hydrogen-bond acceptors (Lipinski definition) is 3. The van der Waals surface area contributed by atoms with Gasteiger partial charge in [0.1, 0.15) is 0 Å². The molecule has 0 saturated carbocycles. The van der Waals surface area contributed by atoms with Gasteiger partial charge in [-0.15, -0.1) is 0 Å². The Labute approximate surface area is 129 Å². The van der Waals surface area contributed by atoms with E-state index in [9.17, 15) is 8.42 Å². The number of aryl methyl sites for hydroxylation is 2. The molecule has 2 atom stereocenters. The molecule has 1 saturated heterocycles. The van der Waals surface area contributed by atoms with Gasteiger partial charge in [-0.3, -0.25) is 0 Å². The van der Waals surface area contributed by atoms with Gasteiger partial charge in [-0.1, -0.05) is 30.7 Å². The largest absolute Gasteiger partial charge is 0.310 e. The van der Waals surface area contributed by atoms with Gasteiger partial charge in [0.05, 0.1) is 11.5 Å². The number of sulfone groups is 1. The zero-order chi connectivity index (χ0) is 15.5. The van der Waals surface area contributed by atoms with Gasteiger partial charge in [-0.2, -0.15) is 0 Å².